The summed E-state index contributed by atoms with van der Waals surface area (Å²) in [5.74, 6) is -1.18. The fourth-order valence-electron chi connectivity index (χ4n) is 1.53. The van der Waals surface area contributed by atoms with Crippen molar-refractivity contribution >= 4 is 46.3 Å². The molecule has 0 fully saturated rings. The van der Waals surface area contributed by atoms with Crippen molar-refractivity contribution in [3.05, 3.63) is 33.0 Å². The molecular weight excluding hydrogens is 265 g/mol. The van der Waals surface area contributed by atoms with Crippen molar-refractivity contribution in [1.29, 1.82) is 10.5 Å². The third-order valence-corrected chi connectivity index (χ3v) is 2.32. The number of non-ortho nitro benzene ring substituents is 1. The van der Waals surface area contributed by atoms with Crippen molar-refractivity contribution in [2.24, 2.45) is 0 Å². The number of hydrogen-bond acceptors (Lipinski definition) is 7. The topological polar surface area (TPSA) is 144 Å². The van der Waals surface area contributed by atoms with E-state index in [-0.39, 0.29) is 45.5 Å². The van der Waals surface area contributed by atoms with E-state index >= 15 is 0 Å². The predicted molar refractivity (Wildman–Crippen MR) is 60.7 cm³/mol. The molecule has 0 saturated carbocycles. The molecule has 1 aromatic carbocycles. The van der Waals surface area contributed by atoms with Gasteiger partial charge in [0.15, 0.2) is 5.92 Å². The van der Waals surface area contributed by atoms with Gasteiger partial charge in [-0.2, -0.15) is 10.5 Å². The Balaban J connectivity index is 0.00000180. The van der Waals surface area contributed by atoms with Crippen LogP contribution in [0.2, 0.25) is 0 Å². The first-order chi connectivity index (χ1) is 8.60. The molecule has 0 aliphatic heterocycles. The number of aromatic nitrogens is 2. The van der Waals surface area contributed by atoms with E-state index in [1.807, 2.05) is 0 Å². The number of rotatable bonds is 2. The monoisotopic (exact) mass is 269 g/mol. The van der Waals surface area contributed by atoms with Crippen LogP contribution in [0.3, 0.4) is 0 Å². The number of hydrogen-bond donors (Lipinski definition) is 0. The second-order valence-electron chi connectivity index (χ2n) is 3.25. The maximum atomic E-state index is 11.3. The van der Waals surface area contributed by atoms with Gasteiger partial charge in [-0.05, 0) is 11.0 Å². The Hall–Kier alpha value is -2.20. The van der Waals surface area contributed by atoms with E-state index in [4.69, 9.17) is 10.5 Å². The second kappa shape index (κ2) is 5.63. The zero-order chi connectivity index (χ0) is 13.3. The Morgan fingerprint density at radius 2 is 2.05 bits per heavy atom. The van der Waals surface area contributed by atoms with Gasteiger partial charge in [0.2, 0.25) is 0 Å². The molecule has 0 aliphatic carbocycles. The second-order valence-corrected chi connectivity index (χ2v) is 3.25. The molecule has 1 heterocycles. The Kier molecular flexibility index (Phi) is 4.40. The first-order valence-electron chi connectivity index (χ1n) is 4.56. The molecule has 0 bridgehead atoms. The summed E-state index contributed by atoms with van der Waals surface area (Å²) >= 11 is 0. The minimum absolute atomic E-state index is 0. The van der Waals surface area contributed by atoms with E-state index in [1.54, 1.807) is 12.1 Å². The van der Waals surface area contributed by atoms with Gasteiger partial charge in [-0.3, -0.25) is 14.7 Å². The maximum absolute atomic E-state index is 11.3. The van der Waals surface area contributed by atoms with Gasteiger partial charge in [0, 0.05) is 16.8 Å². The average Bonchev–Trinajstić information content (AvgIpc) is 2.73. The molecule has 10 heteroatoms. The van der Waals surface area contributed by atoms with Crippen molar-refractivity contribution in [3.8, 4) is 12.1 Å². The van der Waals surface area contributed by atoms with Crippen LogP contribution in [0.1, 0.15) is 11.5 Å². The first kappa shape index (κ1) is 14.9. The van der Waals surface area contributed by atoms with E-state index in [0.717, 1.165) is 6.07 Å². The number of nitro groups is 1. The van der Waals surface area contributed by atoms with Crippen molar-refractivity contribution in [1.82, 2.24) is 5.16 Å². The van der Waals surface area contributed by atoms with E-state index in [9.17, 15) is 15.3 Å². The van der Waals surface area contributed by atoms with Crippen LogP contribution in [0, 0.1) is 38.0 Å². The summed E-state index contributed by atoms with van der Waals surface area (Å²) in [7, 11) is 0. The fraction of sp³-hybridized carbons (Fsp3) is 0.111. The van der Waals surface area contributed by atoms with E-state index in [2.05, 4.69) is 9.79 Å². The number of nitriles is 2. The van der Waals surface area contributed by atoms with Gasteiger partial charge in [-0.25, -0.2) is 0 Å². The van der Waals surface area contributed by atoms with E-state index < -0.39 is 22.0 Å². The average molecular weight is 269 g/mol. The molecule has 0 atom stereocenters. The molecule has 9 nitrogen and oxygen atoms in total. The molecular formula is C9H4N5NaO4. The zero-order valence-electron chi connectivity index (χ0n) is 8.60. The predicted octanol–water partition coefficient (Wildman–Crippen LogP) is -0.148. The van der Waals surface area contributed by atoms with Crippen LogP contribution in [0.15, 0.2) is 16.8 Å². The van der Waals surface area contributed by atoms with Crippen LogP contribution in [0.5, 0.6) is 0 Å². The van der Waals surface area contributed by atoms with Gasteiger partial charge in [0.1, 0.15) is 0 Å². The van der Waals surface area contributed by atoms with Gasteiger partial charge in [0.25, 0.3) is 5.52 Å². The quantitative estimate of drug-likeness (QED) is 0.319. The molecule has 0 aliphatic rings. The summed E-state index contributed by atoms with van der Waals surface area (Å²) in [5, 5.41) is 42.9. The summed E-state index contributed by atoms with van der Waals surface area (Å²) in [6, 6.07) is 5.63. The van der Waals surface area contributed by atoms with Crippen LogP contribution in [0.25, 0.3) is 11.0 Å². The number of nitrogens with zero attached hydrogens (tertiary/aromatic N) is 5. The first-order valence-corrected chi connectivity index (χ1v) is 4.56. The Labute approximate surface area is 127 Å². The van der Waals surface area contributed by atoms with Crippen LogP contribution in [-0.4, -0.2) is 39.6 Å². The number of benzene rings is 1. The zero-order valence-corrected chi connectivity index (χ0v) is 8.60. The summed E-state index contributed by atoms with van der Waals surface area (Å²) in [6.07, 6.45) is 0. The SMILES string of the molecule is N#CC(C#N)c1ccc([N+](=O)[O-])c2c1no[n+]2[O-].[NaH]. The van der Waals surface area contributed by atoms with Crippen LogP contribution < -0.4 is 4.90 Å². The van der Waals surface area contributed by atoms with Crippen molar-refractivity contribution in [2.75, 3.05) is 0 Å². The van der Waals surface area contributed by atoms with Crippen molar-refractivity contribution in [3.63, 3.8) is 0 Å². The van der Waals surface area contributed by atoms with Gasteiger partial charge in [-0.1, -0.05) is 0 Å². The molecule has 90 valence electrons. The molecule has 1 aromatic heterocycles. The molecule has 2 aromatic rings. The standard InChI is InChI=1S/C9H3N5O4.Na.H/c10-3-5(4-11)6-1-2-7(13(15)16)9-8(6)12-18-14(9)17;;/h1-2,5H;;. The number of nitro benzene ring substituents is 1. The third-order valence-electron chi connectivity index (χ3n) is 2.32. The molecule has 2 rings (SSSR count). The third kappa shape index (κ3) is 2.35. The Morgan fingerprint density at radius 1 is 1.42 bits per heavy atom. The van der Waals surface area contributed by atoms with Gasteiger partial charge < -0.3 is 5.21 Å². The van der Waals surface area contributed by atoms with Crippen molar-refractivity contribution < 1.29 is 14.5 Å². The van der Waals surface area contributed by atoms with Gasteiger partial charge in [0.05, 0.1) is 17.1 Å². The molecule has 19 heavy (non-hydrogen) atoms. The van der Waals surface area contributed by atoms with Gasteiger partial charge in [-0.15, -0.1) is 0 Å². The van der Waals surface area contributed by atoms with E-state index in [1.165, 1.54) is 6.07 Å². The summed E-state index contributed by atoms with van der Waals surface area (Å²) < 4.78 is 4.27. The van der Waals surface area contributed by atoms with Crippen LogP contribution in [0.4, 0.5) is 5.69 Å². The van der Waals surface area contributed by atoms with Crippen LogP contribution >= 0.6 is 0 Å². The normalized spacial score (nSPS) is 9.63. The molecule has 0 unspecified atom stereocenters. The molecule has 0 spiro atoms. The Morgan fingerprint density at radius 3 is 2.58 bits per heavy atom. The molecule has 0 N–H and O–H groups in total. The molecule has 0 saturated heterocycles. The molecule has 0 amide bonds. The Bertz CT molecular complexity index is 715. The fourth-order valence-corrected chi connectivity index (χ4v) is 1.53. The summed E-state index contributed by atoms with van der Waals surface area (Å²) in [6.45, 7) is 0. The van der Waals surface area contributed by atoms with Crippen LogP contribution in [-0.2, 0) is 0 Å². The summed E-state index contributed by atoms with van der Waals surface area (Å²) in [5.41, 5.74) is -0.973. The minimum atomic E-state index is -1.18. The number of fused-ring (bicyclic) bond motifs is 1. The molecule has 0 radical (unpaired) electrons. The van der Waals surface area contributed by atoms with Gasteiger partial charge >= 0.3 is 40.8 Å². The van der Waals surface area contributed by atoms with E-state index in [0.29, 0.717) is 0 Å². The summed E-state index contributed by atoms with van der Waals surface area (Å²) in [4.78, 5) is 9.84. The van der Waals surface area contributed by atoms with Crippen molar-refractivity contribution in [2.45, 2.75) is 5.92 Å².